The van der Waals surface area contributed by atoms with Crippen LogP contribution in [0.4, 0.5) is 4.79 Å². The van der Waals surface area contributed by atoms with Gasteiger partial charge in [0.2, 0.25) is 0 Å². The fourth-order valence-corrected chi connectivity index (χ4v) is 2.07. The SMILES string of the molecule is C[C@H](OC(=O)NCCl)C1CCCCC1. The fraction of sp³-hybridized carbons (Fsp3) is 0.900. The third-order valence-electron chi connectivity index (χ3n) is 2.82. The first-order valence-corrected chi connectivity index (χ1v) is 5.78. The molecule has 0 spiro atoms. The molecular formula is C10H18ClNO2. The smallest absolute Gasteiger partial charge is 0.408 e. The van der Waals surface area contributed by atoms with Gasteiger partial charge in [-0.25, -0.2) is 4.79 Å². The second-order valence-corrected chi connectivity index (χ2v) is 4.09. The summed E-state index contributed by atoms with van der Waals surface area (Å²) >= 11 is 5.35. The number of alkyl carbamates (subject to hydrolysis) is 1. The van der Waals surface area contributed by atoms with E-state index in [1.165, 1.54) is 32.1 Å². The van der Waals surface area contributed by atoms with Gasteiger partial charge in [-0.3, -0.25) is 0 Å². The number of hydrogen-bond acceptors (Lipinski definition) is 2. The summed E-state index contributed by atoms with van der Waals surface area (Å²) in [5.41, 5.74) is 0. The molecule has 0 aliphatic heterocycles. The Morgan fingerprint density at radius 3 is 2.71 bits per heavy atom. The monoisotopic (exact) mass is 219 g/mol. The minimum absolute atomic E-state index is 0.0125. The lowest BCUT2D eigenvalue weighted by Crippen LogP contribution is -2.31. The Morgan fingerprint density at radius 2 is 2.14 bits per heavy atom. The highest BCUT2D eigenvalue weighted by Gasteiger charge is 2.22. The molecule has 0 unspecified atom stereocenters. The zero-order valence-electron chi connectivity index (χ0n) is 8.59. The molecule has 1 aliphatic carbocycles. The number of amides is 1. The molecule has 1 N–H and O–H groups in total. The van der Waals surface area contributed by atoms with Crippen LogP contribution in [0.25, 0.3) is 0 Å². The van der Waals surface area contributed by atoms with Crippen molar-refractivity contribution >= 4 is 17.7 Å². The summed E-state index contributed by atoms with van der Waals surface area (Å²) < 4.78 is 5.20. The molecule has 1 atom stereocenters. The van der Waals surface area contributed by atoms with Gasteiger partial charge in [-0.1, -0.05) is 19.3 Å². The molecule has 1 rings (SSSR count). The van der Waals surface area contributed by atoms with Gasteiger partial charge in [0, 0.05) is 0 Å². The van der Waals surface area contributed by atoms with E-state index in [4.69, 9.17) is 16.3 Å². The van der Waals surface area contributed by atoms with Crippen LogP contribution in [0.3, 0.4) is 0 Å². The Bertz CT molecular complexity index is 181. The molecule has 14 heavy (non-hydrogen) atoms. The van der Waals surface area contributed by atoms with Crippen LogP contribution in [-0.4, -0.2) is 18.2 Å². The van der Waals surface area contributed by atoms with E-state index in [-0.39, 0.29) is 12.1 Å². The summed E-state index contributed by atoms with van der Waals surface area (Å²) in [4.78, 5) is 11.1. The highest BCUT2D eigenvalue weighted by molar-refractivity contribution is 6.18. The molecule has 0 aromatic rings. The summed E-state index contributed by atoms with van der Waals surface area (Å²) in [6.45, 7) is 1.96. The van der Waals surface area contributed by atoms with Gasteiger partial charge >= 0.3 is 6.09 Å². The van der Waals surface area contributed by atoms with Gasteiger partial charge in [-0.15, -0.1) is 11.6 Å². The minimum Gasteiger partial charge on any atom is -0.446 e. The van der Waals surface area contributed by atoms with Crippen molar-refractivity contribution in [2.24, 2.45) is 5.92 Å². The second kappa shape index (κ2) is 6.12. The maximum Gasteiger partial charge on any atom is 0.408 e. The average Bonchev–Trinajstić information content (AvgIpc) is 2.19. The van der Waals surface area contributed by atoms with E-state index in [2.05, 4.69) is 5.32 Å². The van der Waals surface area contributed by atoms with E-state index in [1.54, 1.807) is 0 Å². The van der Waals surface area contributed by atoms with Gasteiger partial charge in [0.25, 0.3) is 0 Å². The van der Waals surface area contributed by atoms with E-state index in [9.17, 15) is 4.79 Å². The molecule has 0 radical (unpaired) electrons. The van der Waals surface area contributed by atoms with Crippen molar-refractivity contribution in [1.29, 1.82) is 0 Å². The van der Waals surface area contributed by atoms with Crippen molar-refractivity contribution in [3.63, 3.8) is 0 Å². The molecule has 0 saturated heterocycles. The van der Waals surface area contributed by atoms with Crippen LogP contribution in [0.15, 0.2) is 0 Å². The van der Waals surface area contributed by atoms with Crippen LogP contribution in [0, 0.1) is 5.92 Å². The van der Waals surface area contributed by atoms with Crippen molar-refractivity contribution in [3.05, 3.63) is 0 Å². The number of ether oxygens (including phenoxy) is 1. The molecule has 0 bridgehead atoms. The maximum absolute atomic E-state index is 11.1. The Hall–Kier alpha value is -0.440. The molecule has 1 saturated carbocycles. The Morgan fingerprint density at radius 1 is 1.50 bits per heavy atom. The molecule has 82 valence electrons. The van der Waals surface area contributed by atoms with Crippen LogP contribution >= 0.6 is 11.6 Å². The van der Waals surface area contributed by atoms with E-state index < -0.39 is 6.09 Å². The lowest BCUT2D eigenvalue weighted by Gasteiger charge is -2.27. The Kier molecular flexibility index (Phi) is 5.09. The van der Waals surface area contributed by atoms with Crippen LogP contribution in [0.1, 0.15) is 39.0 Å². The molecule has 0 heterocycles. The normalized spacial score (nSPS) is 20.1. The highest BCUT2D eigenvalue weighted by Crippen LogP contribution is 2.27. The van der Waals surface area contributed by atoms with E-state index in [0.717, 1.165) is 0 Å². The topological polar surface area (TPSA) is 38.3 Å². The van der Waals surface area contributed by atoms with Crippen LogP contribution in [0.2, 0.25) is 0 Å². The van der Waals surface area contributed by atoms with Crippen LogP contribution in [-0.2, 0) is 4.74 Å². The third kappa shape index (κ3) is 3.74. The number of carbonyl (C=O) groups excluding carboxylic acids is 1. The predicted octanol–water partition coefficient (Wildman–Crippen LogP) is 2.88. The van der Waals surface area contributed by atoms with Crippen molar-refractivity contribution in [3.8, 4) is 0 Å². The van der Waals surface area contributed by atoms with Gasteiger partial charge < -0.3 is 10.1 Å². The van der Waals surface area contributed by atoms with Gasteiger partial charge in [-0.2, -0.15) is 0 Å². The summed E-state index contributed by atoms with van der Waals surface area (Å²) in [7, 11) is 0. The number of halogens is 1. The highest BCUT2D eigenvalue weighted by atomic mass is 35.5. The van der Waals surface area contributed by atoms with Crippen molar-refractivity contribution in [2.45, 2.75) is 45.1 Å². The van der Waals surface area contributed by atoms with Crippen LogP contribution in [0.5, 0.6) is 0 Å². The van der Waals surface area contributed by atoms with Crippen molar-refractivity contribution in [1.82, 2.24) is 5.32 Å². The second-order valence-electron chi connectivity index (χ2n) is 3.82. The molecule has 1 fully saturated rings. The average molecular weight is 220 g/mol. The molecule has 1 aliphatic rings. The number of alkyl halides is 1. The molecular weight excluding hydrogens is 202 g/mol. The molecule has 4 heteroatoms. The minimum atomic E-state index is -0.405. The fourth-order valence-electron chi connectivity index (χ4n) is 1.96. The summed E-state index contributed by atoms with van der Waals surface area (Å²) in [5, 5.41) is 2.42. The summed E-state index contributed by atoms with van der Waals surface area (Å²) in [6, 6.07) is 0.107. The summed E-state index contributed by atoms with van der Waals surface area (Å²) in [6.07, 6.45) is 5.80. The van der Waals surface area contributed by atoms with Crippen LogP contribution < -0.4 is 5.32 Å². The zero-order chi connectivity index (χ0) is 10.4. The van der Waals surface area contributed by atoms with E-state index in [0.29, 0.717) is 5.92 Å². The van der Waals surface area contributed by atoms with Crippen molar-refractivity contribution in [2.75, 3.05) is 6.00 Å². The standard InChI is InChI=1S/C10H18ClNO2/c1-8(14-10(13)12-7-11)9-5-3-2-4-6-9/h8-9H,2-7H2,1H3,(H,12,13)/t8-/m0/s1. The van der Waals surface area contributed by atoms with Gasteiger partial charge in [-0.05, 0) is 25.7 Å². The lowest BCUT2D eigenvalue weighted by atomic mass is 9.86. The summed E-state index contributed by atoms with van der Waals surface area (Å²) in [5.74, 6) is 0.532. The van der Waals surface area contributed by atoms with Crippen molar-refractivity contribution < 1.29 is 9.53 Å². The first-order valence-electron chi connectivity index (χ1n) is 5.24. The molecule has 1 amide bonds. The largest absolute Gasteiger partial charge is 0.446 e. The Balaban J connectivity index is 2.25. The maximum atomic E-state index is 11.1. The van der Waals surface area contributed by atoms with E-state index >= 15 is 0 Å². The Labute approximate surface area is 90.1 Å². The first kappa shape index (κ1) is 11.6. The molecule has 0 aromatic heterocycles. The van der Waals surface area contributed by atoms with Gasteiger partial charge in [0.1, 0.15) is 6.10 Å². The van der Waals surface area contributed by atoms with Gasteiger partial charge in [0.15, 0.2) is 0 Å². The van der Waals surface area contributed by atoms with Gasteiger partial charge in [0.05, 0.1) is 6.00 Å². The number of carbonyl (C=O) groups is 1. The zero-order valence-corrected chi connectivity index (χ0v) is 9.35. The lowest BCUT2D eigenvalue weighted by molar-refractivity contribution is 0.0604. The third-order valence-corrected chi connectivity index (χ3v) is 2.95. The number of hydrogen-bond donors (Lipinski definition) is 1. The predicted molar refractivity (Wildman–Crippen MR) is 56.4 cm³/mol. The van der Waals surface area contributed by atoms with E-state index in [1.807, 2.05) is 6.92 Å². The quantitative estimate of drug-likeness (QED) is 0.586. The number of rotatable bonds is 3. The number of nitrogens with one attached hydrogen (secondary N) is 1. The first-order chi connectivity index (χ1) is 6.74. The molecule has 0 aromatic carbocycles. The molecule has 3 nitrogen and oxygen atoms in total.